The molecular weight excluding hydrogens is 473 g/mol. The molecule has 2 saturated heterocycles. The van der Waals surface area contributed by atoms with Crippen LogP contribution in [0.1, 0.15) is 17.0 Å². The van der Waals surface area contributed by atoms with Crippen molar-refractivity contribution in [1.82, 2.24) is 9.88 Å². The van der Waals surface area contributed by atoms with E-state index in [0.717, 1.165) is 16.3 Å². The normalized spacial score (nSPS) is 22.1. The van der Waals surface area contributed by atoms with Gasteiger partial charge in [-0.2, -0.15) is 5.26 Å². The first kappa shape index (κ1) is 22.2. The zero-order valence-corrected chi connectivity index (χ0v) is 19.7. The van der Waals surface area contributed by atoms with Gasteiger partial charge in [0.2, 0.25) is 0 Å². The van der Waals surface area contributed by atoms with Crippen molar-refractivity contribution in [1.29, 1.82) is 5.26 Å². The fraction of sp³-hybridized carbons (Fsp3) is 0.200. The third-order valence-electron chi connectivity index (χ3n) is 6.58. The van der Waals surface area contributed by atoms with E-state index in [1.54, 1.807) is 43.6 Å². The molecule has 3 heterocycles. The van der Waals surface area contributed by atoms with E-state index in [4.69, 9.17) is 23.2 Å². The molecule has 3 amide bonds. The number of benzene rings is 2. The van der Waals surface area contributed by atoms with E-state index in [1.807, 2.05) is 35.2 Å². The molecule has 0 aliphatic carbocycles. The van der Waals surface area contributed by atoms with E-state index in [9.17, 15) is 14.9 Å². The van der Waals surface area contributed by atoms with Crippen molar-refractivity contribution >= 4 is 46.6 Å². The summed E-state index contributed by atoms with van der Waals surface area (Å²) in [6, 6.07) is 19.1. The van der Waals surface area contributed by atoms with Gasteiger partial charge < -0.3 is 9.80 Å². The number of likely N-dealkylation sites (N-methyl/N-ethyl adjacent to an activating group) is 1. The number of nitrogens with zero attached hydrogens (tertiary/aromatic N) is 5. The number of urea groups is 1. The Morgan fingerprint density at radius 2 is 1.76 bits per heavy atom. The molecule has 2 atom stereocenters. The summed E-state index contributed by atoms with van der Waals surface area (Å²) in [6.07, 6.45) is 1.70. The molecule has 0 bridgehead atoms. The quantitative estimate of drug-likeness (QED) is 0.496. The lowest BCUT2D eigenvalue weighted by molar-refractivity contribution is -0.124. The number of hydrogen-bond donors (Lipinski definition) is 0. The molecule has 1 spiro atoms. The molecular formula is C25H19Cl2N5O2. The van der Waals surface area contributed by atoms with Crippen LogP contribution in [0.4, 0.5) is 16.3 Å². The highest BCUT2D eigenvalue weighted by Gasteiger charge is 2.64. The van der Waals surface area contributed by atoms with Crippen molar-refractivity contribution in [3.63, 3.8) is 0 Å². The maximum atomic E-state index is 14.1. The Morgan fingerprint density at radius 1 is 1.06 bits per heavy atom. The Kier molecular flexibility index (Phi) is 5.43. The van der Waals surface area contributed by atoms with Crippen molar-refractivity contribution < 1.29 is 9.59 Å². The summed E-state index contributed by atoms with van der Waals surface area (Å²) >= 11 is 12.4. The first-order valence-corrected chi connectivity index (χ1v) is 11.4. The second kappa shape index (κ2) is 8.32. The van der Waals surface area contributed by atoms with Crippen LogP contribution in [-0.4, -0.2) is 47.5 Å². The number of carbonyl (C=O) groups excluding carboxylic acids is 2. The van der Waals surface area contributed by atoms with E-state index in [0.29, 0.717) is 27.8 Å². The highest BCUT2D eigenvalue weighted by atomic mass is 35.5. The predicted molar refractivity (Wildman–Crippen MR) is 130 cm³/mol. The molecule has 34 heavy (non-hydrogen) atoms. The monoisotopic (exact) mass is 491 g/mol. The Morgan fingerprint density at radius 3 is 2.38 bits per heavy atom. The highest BCUT2D eigenvalue weighted by molar-refractivity contribution is 6.35. The average Bonchev–Trinajstić information content (AvgIpc) is 3.32. The molecule has 2 aliphatic rings. The van der Waals surface area contributed by atoms with Gasteiger partial charge in [-0.25, -0.2) is 14.7 Å². The second-order valence-electron chi connectivity index (χ2n) is 8.39. The summed E-state index contributed by atoms with van der Waals surface area (Å²) in [6.45, 7) is 0.733. The standard InChI is InChI=1S/C25H19Cl2N5O2/c1-30-24(34)32(20-11-18(26)10-19(27)12-20)23(33)25(30)15-31(22-4-2-3-9-29-22)14-21(25)17-7-5-16(13-28)6-8-17/h2-12,21H,14-15H2,1H3/t21-,25+/m0/s1. The zero-order chi connectivity index (χ0) is 24.0. The number of imide groups is 1. The van der Waals surface area contributed by atoms with Gasteiger partial charge >= 0.3 is 6.03 Å². The van der Waals surface area contributed by atoms with Crippen LogP contribution < -0.4 is 9.80 Å². The second-order valence-corrected chi connectivity index (χ2v) is 9.26. The van der Waals surface area contributed by atoms with Crippen molar-refractivity contribution in [3.05, 3.63) is 88.0 Å². The van der Waals surface area contributed by atoms with Crippen LogP contribution >= 0.6 is 23.2 Å². The third kappa shape index (κ3) is 3.38. The first-order chi connectivity index (χ1) is 16.3. The summed E-state index contributed by atoms with van der Waals surface area (Å²) in [7, 11) is 1.64. The molecule has 9 heteroatoms. The van der Waals surface area contributed by atoms with E-state index < -0.39 is 11.6 Å². The van der Waals surface area contributed by atoms with Gasteiger partial charge in [0.05, 0.1) is 23.9 Å². The molecule has 2 fully saturated rings. The molecule has 0 N–H and O–H groups in total. The first-order valence-electron chi connectivity index (χ1n) is 10.6. The topological polar surface area (TPSA) is 80.5 Å². The molecule has 1 aromatic heterocycles. The number of pyridine rings is 1. The Bertz CT molecular complexity index is 1310. The van der Waals surface area contributed by atoms with Gasteiger partial charge in [-0.3, -0.25) is 4.79 Å². The maximum absolute atomic E-state index is 14.1. The van der Waals surface area contributed by atoms with Gasteiger partial charge in [-0.1, -0.05) is 41.4 Å². The van der Waals surface area contributed by atoms with Gasteiger partial charge in [-0.15, -0.1) is 0 Å². The lowest BCUT2D eigenvalue weighted by Crippen LogP contribution is -2.53. The molecule has 3 aromatic rings. The van der Waals surface area contributed by atoms with Gasteiger partial charge in [-0.05, 0) is 48.0 Å². The number of rotatable bonds is 3. The minimum atomic E-state index is -1.18. The Hall–Kier alpha value is -3.60. The number of carbonyl (C=O) groups is 2. The van der Waals surface area contributed by atoms with Crippen LogP contribution in [0.2, 0.25) is 10.0 Å². The fourth-order valence-corrected chi connectivity index (χ4v) is 5.44. The Labute approximate surface area is 206 Å². The van der Waals surface area contributed by atoms with Gasteiger partial charge in [0.25, 0.3) is 5.91 Å². The van der Waals surface area contributed by atoms with Crippen LogP contribution in [0.15, 0.2) is 66.9 Å². The zero-order valence-electron chi connectivity index (χ0n) is 18.2. The van der Waals surface area contributed by atoms with Gasteiger partial charge in [0, 0.05) is 35.8 Å². The van der Waals surface area contributed by atoms with E-state index in [2.05, 4.69) is 11.1 Å². The average molecular weight is 492 g/mol. The summed E-state index contributed by atoms with van der Waals surface area (Å²) in [5.41, 5.74) is 0.523. The van der Waals surface area contributed by atoms with Crippen molar-refractivity contribution in [2.75, 3.05) is 29.9 Å². The minimum absolute atomic E-state index is 0.264. The summed E-state index contributed by atoms with van der Waals surface area (Å²) < 4.78 is 0. The number of aromatic nitrogens is 1. The van der Waals surface area contributed by atoms with Crippen LogP contribution in [0.5, 0.6) is 0 Å². The largest absolute Gasteiger partial charge is 0.353 e. The summed E-state index contributed by atoms with van der Waals surface area (Å²) in [4.78, 5) is 36.8. The SMILES string of the molecule is CN1C(=O)N(c2cc(Cl)cc(Cl)c2)C(=O)[C@]12CN(c1ccccn1)C[C@H]2c1ccc(C#N)cc1. The fourth-order valence-electron chi connectivity index (χ4n) is 4.92. The molecule has 0 radical (unpaired) electrons. The maximum Gasteiger partial charge on any atom is 0.332 e. The summed E-state index contributed by atoms with van der Waals surface area (Å²) in [5, 5.41) is 9.87. The third-order valence-corrected chi connectivity index (χ3v) is 7.02. The highest BCUT2D eigenvalue weighted by Crippen LogP contribution is 2.47. The molecule has 2 aromatic carbocycles. The van der Waals surface area contributed by atoms with Crippen molar-refractivity contribution in [2.45, 2.75) is 11.5 Å². The predicted octanol–water partition coefficient (Wildman–Crippen LogP) is 4.70. The molecule has 7 nitrogen and oxygen atoms in total. The lowest BCUT2D eigenvalue weighted by Gasteiger charge is -2.33. The van der Waals surface area contributed by atoms with Crippen molar-refractivity contribution in [2.24, 2.45) is 0 Å². The van der Waals surface area contributed by atoms with Crippen LogP contribution in [0, 0.1) is 11.3 Å². The van der Waals surface area contributed by atoms with Crippen LogP contribution in [0.25, 0.3) is 0 Å². The lowest BCUT2D eigenvalue weighted by atomic mass is 9.80. The number of nitriles is 1. The minimum Gasteiger partial charge on any atom is -0.353 e. The molecule has 0 saturated carbocycles. The molecule has 5 rings (SSSR count). The number of amides is 3. The Balaban J connectivity index is 1.64. The summed E-state index contributed by atoms with van der Waals surface area (Å²) in [5.74, 6) is 0.00500. The van der Waals surface area contributed by atoms with Gasteiger partial charge in [0.1, 0.15) is 11.4 Å². The van der Waals surface area contributed by atoms with E-state index in [1.165, 1.54) is 4.90 Å². The van der Waals surface area contributed by atoms with Crippen molar-refractivity contribution in [3.8, 4) is 6.07 Å². The van der Waals surface area contributed by atoms with Crippen LogP contribution in [0.3, 0.4) is 0 Å². The smallest absolute Gasteiger partial charge is 0.332 e. The van der Waals surface area contributed by atoms with Crippen LogP contribution in [-0.2, 0) is 4.79 Å². The number of anilines is 2. The van der Waals surface area contributed by atoms with E-state index in [-0.39, 0.29) is 18.4 Å². The van der Waals surface area contributed by atoms with E-state index >= 15 is 0 Å². The molecule has 170 valence electrons. The number of hydrogen-bond acceptors (Lipinski definition) is 5. The molecule has 0 unspecified atom stereocenters. The molecule has 2 aliphatic heterocycles. The number of halogens is 2. The van der Waals surface area contributed by atoms with Gasteiger partial charge in [0.15, 0.2) is 0 Å².